The molecule has 0 fully saturated rings. The van der Waals surface area contributed by atoms with Gasteiger partial charge in [-0.05, 0) is 44.4 Å². The van der Waals surface area contributed by atoms with Crippen molar-refractivity contribution in [3.8, 4) is 0 Å². The number of aliphatic hydroxyl groups is 1. The molecule has 1 unspecified atom stereocenters. The topological polar surface area (TPSA) is 92.4 Å². The third kappa shape index (κ3) is 3.69. The van der Waals surface area contributed by atoms with Gasteiger partial charge < -0.3 is 10.8 Å². The zero-order chi connectivity index (χ0) is 13.8. The molecule has 1 aromatic rings. The van der Waals surface area contributed by atoms with Gasteiger partial charge in [-0.1, -0.05) is 6.07 Å². The molecule has 0 spiro atoms. The molecule has 0 aliphatic heterocycles. The van der Waals surface area contributed by atoms with Crippen LogP contribution < -0.4 is 10.5 Å². The molecule has 0 heterocycles. The zero-order valence-corrected chi connectivity index (χ0v) is 11.5. The Balaban J connectivity index is 2.90. The summed E-state index contributed by atoms with van der Waals surface area (Å²) in [5.41, 5.74) is 6.72. The highest BCUT2D eigenvalue weighted by Crippen LogP contribution is 2.20. The summed E-state index contributed by atoms with van der Waals surface area (Å²) in [5.74, 6) is 0. The molecule has 0 amide bonds. The maximum atomic E-state index is 12.1. The van der Waals surface area contributed by atoms with E-state index < -0.39 is 10.0 Å². The van der Waals surface area contributed by atoms with Crippen molar-refractivity contribution in [2.75, 3.05) is 12.3 Å². The number of aliphatic hydroxyl groups excluding tert-OH is 1. The van der Waals surface area contributed by atoms with Crippen molar-refractivity contribution >= 4 is 15.7 Å². The van der Waals surface area contributed by atoms with E-state index in [-0.39, 0.29) is 17.5 Å². The van der Waals surface area contributed by atoms with Gasteiger partial charge in [-0.15, -0.1) is 0 Å². The first kappa shape index (κ1) is 14.9. The lowest BCUT2D eigenvalue weighted by molar-refractivity contribution is 0.279. The fourth-order valence-electron chi connectivity index (χ4n) is 1.71. The molecule has 1 atom stereocenters. The molecule has 4 N–H and O–H groups in total. The predicted octanol–water partition coefficient (Wildman–Crippen LogP) is 1.02. The Labute approximate surface area is 108 Å². The Morgan fingerprint density at radius 2 is 2.11 bits per heavy atom. The largest absolute Gasteiger partial charge is 0.398 e. The van der Waals surface area contributed by atoms with E-state index in [1.807, 2.05) is 0 Å². The summed E-state index contributed by atoms with van der Waals surface area (Å²) in [6.07, 6.45) is 1.16. The number of nitrogens with two attached hydrogens (primary N) is 1. The number of hydrogen-bond donors (Lipinski definition) is 3. The van der Waals surface area contributed by atoms with Gasteiger partial charge in [-0.3, -0.25) is 0 Å². The minimum Gasteiger partial charge on any atom is -0.398 e. The second-order valence-corrected chi connectivity index (χ2v) is 6.04. The number of benzene rings is 1. The molecule has 0 aliphatic rings. The van der Waals surface area contributed by atoms with Gasteiger partial charge in [-0.2, -0.15) is 0 Å². The molecule has 0 saturated carbocycles. The summed E-state index contributed by atoms with van der Waals surface area (Å²) in [5, 5.41) is 8.72. The van der Waals surface area contributed by atoms with Crippen LogP contribution in [0.25, 0.3) is 0 Å². The van der Waals surface area contributed by atoms with Gasteiger partial charge in [-0.25, -0.2) is 13.1 Å². The molecular weight excluding hydrogens is 252 g/mol. The van der Waals surface area contributed by atoms with Gasteiger partial charge in [0.25, 0.3) is 0 Å². The van der Waals surface area contributed by atoms with Crippen molar-refractivity contribution in [1.82, 2.24) is 4.72 Å². The predicted molar refractivity (Wildman–Crippen MR) is 71.7 cm³/mol. The van der Waals surface area contributed by atoms with Crippen LogP contribution in [0.15, 0.2) is 23.1 Å². The van der Waals surface area contributed by atoms with Gasteiger partial charge >= 0.3 is 0 Å². The molecule has 0 aromatic heterocycles. The summed E-state index contributed by atoms with van der Waals surface area (Å²) < 4.78 is 26.9. The van der Waals surface area contributed by atoms with Crippen LogP contribution >= 0.6 is 0 Å². The zero-order valence-electron chi connectivity index (χ0n) is 10.7. The van der Waals surface area contributed by atoms with Crippen LogP contribution in [0.1, 0.15) is 25.3 Å². The highest BCUT2D eigenvalue weighted by molar-refractivity contribution is 7.89. The summed E-state index contributed by atoms with van der Waals surface area (Å²) in [6, 6.07) is 4.61. The number of anilines is 1. The van der Waals surface area contributed by atoms with Crippen LogP contribution in [0.2, 0.25) is 0 Å². The van der Waals surface area contributed by atoms with E-state index in [2.05, 4.69) is 4.72 Å². The maximum absolute atomic E-state index is 12.1. The minimum atomic E-state index is -3.55. The molecular formula is C12H20N2O3S. The van der Waals surface area contributed by atoms with E-state index in [1.54, 1.807) is 26.0 Å². The normalized spacial score (nSPS) is 13.5. The first-order valence-corrected chi connectivity index (χ1v) is 7.35. The molecule has 6 heteroatoms. The molecule has 0 bridgehead atoms. The molecule has 18 heavy (non-hydrogen) atoms. The molecule has 5 nitrogen and oxygen atoms in total. The number of hydrogen-bond acceptors (Lipinski definition) is 4. The van der Waals surface area contributed by atoms with Crippen molar-refractivity contribution < 1.29 is 13.5 Å². The summed E-state index contributed by atoms with van der Waals surface area (Å²) in [6.45, 7) is 3.51. The second kappa shape index (κ2) is 6.17. The first-order valence-electron chi connectivity index (χ1n) is 5.86. The highest BCUT2D eigenvalue weighted by Gasteiger charge is 2.19. The van der Waals surface area contributed by atoms with Crippen molar-refractivity contribution in [1.29, 1.82) is 0 Å². The number of sulfonamides is 1. The van der Waals surface area contributed by atoms with Crippen LogP contribution in [-0.2, 0) is 10.0 Å². The van der Waals surface area contributed by atoms with Crippen molar-refractivity contribution in [2.24, 2.45) is 0 Å². The molecule has 0 aliphatic carbocycles. The van der Waals surface area contributed by atoms with Gasteiger partial charge in [0, 0.05) is 18.3 Å². The Kier molecular flexibility index (Phi) is 5.13. The number of rotatable bonds is 6. The van der Waals surface area contributed by atoms with Gasteiger partial charge in [0.05, 0.1) is 4.90 Å². The Hall–Kier alpha value is -1.11. The lowest BCUT2D eigenvalue weighted by atomic mass is 10.2. The van der Waals surface area contributed by atoms with Crippen LogP contribution in [-0.4, -0.2) is 26.2 Å². The van der Waals surface area contributed by atoms with Crippen molar-refractivity contribution in [3.05, 3.63) is 23.8 Å². The third-order valence-corrected chi connectivity index (χ3v) is 4.50. The molecule has 0 saturated heterocycles. The van der Waals surface area contributed by atoms with E-state index in [1.165, 1.54) is 6.07 Å². The summed E-state index contributed by atoms with van der Waals surface area (Å²) >= 11 is 0. The van der Waals surface area contributed by atoms with E-state index in [9.17, 15) is 8.42 Å². The number of nitrogen functional groups attached to an aromatic ring is 1. The van der Waals surface area contributed by atoms with Crippen LogP contribution in [0.4, 0.5) is 5.69 Å². The fourth-order valence-corrected chi connectivity index (χ4v) is 3.26. The van der Waals surface area contributed by atoms with Crippen LogP contribution in [0.5, 0.6) is 0 Å². The maximum Gasteiger partial charge on any atom is 0.241 e. The summed E-state index contributed by atoms with van der Waals surface area (Å²) in [4.78, 5) is 0.207. The van der Waals surface area contributed by atoms with E-state index >= 15 is 0 Å². The smallest absolute Gasteiger partial charge is 0.241 e. The van der Waals surface area contributed by atoms with Gasteiger partial charge in [0.15, 0.2) is 0 Å². The van der Waals surface area contributed by atoms with Gasteiger partial charge in [0.2, 0.25) is 10.0 Å². The SMILES string of the molecule is Cc1c(N)cccc1S(=O)(=O)NC(C)CCCO. The Morgan fingerprint density at radius 3 is 2.72 bits per heavy atom. The highest BCUT2D eigenvalue weighted by atomic mass is 32.2. The second-order valence-electron chi connectivity index (χ2n) is 4.36. The molecule has 0 radical (unpaired) electrons. The van der Waals surface area contributed by atoms with Crippen LogP contribution in [0.3, 0.4) is 0 Å². The Morgan fingerprint density at radius 1 is 1.44 bits per heavy atom. The average Bonchev–Trinajstić information content (AvgIpc) is 2.29. The standard InChI is InChI=1S/C12H20N2O3S/c1-9(5-4-8-15)14-18(16,17)12-7-3-6-11(13)10(12)2/h3,6-7,9,14-15H,4-5,8,13H2,1-2H3. The molecule has 102 valence electrons. The van der Waals surface area contributed by atoms with E-state index in [0.29, 0.717) is 24.1 Å². The first-order chi connectivity index (χ1) is 8.38. The van der Waals surface area contributed by atoms with E-state index in [0.717, 1.165) is 0 Å². The third-order valence-electron chi connectivity index (χ3n) is 2.77. The number of nitrogens with one attached hydrogen (secondary N) is 1. The fraction of sp³-hybridized carbons (Fsp3) is 0.500. The van der Waals surface area contributed by atoms with Crippen LogP contribution in [0, 0.1) is 6.92 Å². The Bertz CT molecular complexity index is 500. The monoisotopic (exact) mass is 272 g/mol. The van der Waals surface area contributed by atoms with Crippen molar-refractivity contribution in [3.63, 3.8) is 0 Å². The molecule has 1 aromatic carbocycles. The van der Waals surface area contributed by atoms with E-state index in [4.69, 9.17) is 10.8 Å². The average molecular weight is 272 g/mol. The van der Waals surface area contributed by atoms with Crippen molar-refractivity contribution in [2.45, 2.75) is 37.6 Å². The molecule has 1 rings (SSSR count). The summed E-state index contributed by atoms with van der Waals surface area (Å²) in [7, 11) is -3.55. The van der Waals surface area contributed by atoms with Gasteiger partial charge in [0.1, 0.15) is 0 Å². The lowest BCUT2D eigenvalue weighted by Gasteiger charge is -2.15. The minimum absolute atomic E-state index is 0.0589. The lowest BCUT2D eigenvalue weighted by Crippen LogP contribution is -2.33. The quantitative estimate of drug-likeness (QED) is 0.674.